The fraction of sp³-hybridized carbons (Fsp3) is 0.273. The van der Waals surface area contributed by atoms with Gasteiger partial charge in [0, 0.05) is 19.0 Å². The zero-order valence-corrected chi connectivity index (χ0v) is 8.04. The molecule has 0 atom stereocenters. The maximum atomic E-state index is 9.37. The van der Waals surface area contributed by atoms with E-state index < -0.39 is 0 Å². The zero-order valence-electron chi connectivity index (χ0n) is 8.04. The molecule has 0 bridgehead atoms. The first-order valence-corrected chi connectivity index (χ1v) is 4.39. The van der Waals surface area contributed by atoms with Gasteiger partial charge in [0.15, 0.2) is 0 Å². The fourth-order valence-corrected chi connectivity index (χ4v) is 0.971. The monoisotopic (exact) mass is 191 g/mol. The summed E-state index contributed by atoms with van der Waals surface area (Å²) in [6, 6.07) is 4.38. The average Bonchev–Trinajstić information content (AvgIpc) is 2.15. The fourth-order valence-electron chi connectivity index (χ4n) is 0.971. The number of phenolic OH excluding ortho intramolecular Hbond substituents is 2. The number of hydrogen-bond donors (Lipinski definition) is 3. The topological polar surface area (TPSA) is 52.5 Å². The van der Waals surface area contributed by atoms with Gasteiger partial charge in [-0.1, -0.05) is 11.8 Å². The molecular weight excluding hydrogens is 178 g/mol. The first-order valence-electron chi connectivity index (χ1n) is 4.39. The molecule has 0 saturated heterocycles. The summed E-state index contributed by atoms with van der Waals surface area (Å²) in [5.74, 6) is 5.79. The Balaban J connectivity index is 2.70. The highest BCUT2D eigenvalue weighted by atomic mass is 16.3. The molecule has 74 valence electrons. The quantitative estimate of drug-likeness (QED) is 0.484. The molecule has 0 radical (unpaired) electrons. The van der Waals surface area contributed by atoms with Crippen LogP contribution in [0.15, 0.2) is 18.2 Å². The molecule has 0 heterocycles. The first kappa shape index (κ1) is 10.4. The van der Waals surface area contributed by atoms with Gasteiger partial charge < -0.3 is 15.5 Å². The Labute approximate surface area is 83.4 Å². The minimum atomic E-state index is 0.0157. The Bertz CT molecular complexity index is 363. The third-order valence-corrected chi connectivity index (χ3v) is 1.70. The van der Waals surface area contributed by atoms with Crippen LogP contribution in [0.5, 0.6) is 11.5 Å². The molecule has 0 aliphatic rings. The second kappa shape index (κ2) is 5.15. The van der Waals surface area contributed by atoms with Gasteiger partial charge in [-0.05, 0) is 19.2 Å². The SMILES string of the molecule is CNCCC#Cc1ccc(O)cc1O. The molecule has 1 rings (SSSR count). The maximum Gasteiger partial charge on any atom is 0.134 e. The van der Waals surface area contributed by atoms with E-state index in [0.717, 1.165) is 13.0 Å². The lowest BCUT2D eigenvalue weighted by atomic mass is 10.2. The lowest BCUT2D eigenvalue weighted by Crippen LogP contribution is -2.05. The van der Waals surface area contributed by atoms with Crippen molar-refractivity contribution in [3.8, 4) is 23.3 Å². The van der Waals surface area contributed by atoms with Crippen molar-refractivity contribution in [2.24, 2.45) is 0 Å². The Morgan fingerprint density at radius 2 is 2.14 bits per heavy atom. The summed E-state index contributed by atoms with van der Waals surface area (Å²) < 4.78 is 0. The second-order valence-electron chi connectivity index (χ2n) is 2.86. The molecule has 14 heavy (non-hydrogen) atoms. The van der Waals surface area contributed by atoms with Crippen LogP contribution in [-0.2, 0) is 0 Å². The molecule has 1 aromatic carbocycles. The van der Waals surface area contributed by atoms with Gasteiger partial charge in [-0.2, -0.15) is 0 Å². The molecule has 3 heteroatoms. The molecule has 3 nitrogen and oxygen atoms in total. The smallest absolute Gasteiger partial charge is 0.134 e. The van der Waals surface area contributed by atoms with Crippen LogP contribution in [0.2, 0.25) is 0 Å². The van der Waals surface area contributed by atoms with Crippen LogP contribution in [0.25, 0.3) is 0 Å². The van der Waals surface area contributed by atoms with Gasteiger partial charge in [0.05, 0.1) is 5.56 Å². The highest BCUT2D eigenvalue weighted by molar-refractivity contribution is 5.48. The van der Waals surface area contributed by atoms with Crippen LogP contribution in [0.3, 0.4) is 0 Å². The number of benzene rings is 1. The maximum absolute atomic E-state index is 9.37. The van der Waals surface area contributed by atoms with Crippen molar-refractivity contribution < 1.29 is 10.2 Å². The highest BCUT2D eigenvalue weighted by Gasteiger charge is 1.97. The summed E-state index contributed by atoms with van der Waals surface area (Å²) in [6.45, 7) is 0.825. The van der Waals surface area contributed by atoms with E-state index >= 15 is 0 Å². The van der Waals surface area contributed by atoms with Gasteiger partial charge in [-0.15, -0.1) is 0 Å². The molecule has 0 saturated carbocycles. The average molecular weight is 191 g/mol. The molecule has 0 amide bonds. The summed E-state index contributed by atoms with van der Waals surface area (Å²) in [4.78, 5) is 0. The van der Waals surface area contributed by atoms with Crippen molar-refractivity contribution in [2.45, 2.75) is 6.42 Å². The molecule has 3 N–H and O–H groups in total. The number of aromatic hydroxyl groups is 2. The summed E-state index contributed by atoms with van der Waals surface area (Å²) in [5.41, 5.74) is 0.541. The molecule has 0 aliphatic carbocycles. The summed E-state index contributed by atoms with van der Waals surface area (Å²) in [7, 11) is 1.86. The van der Waals surface area contributed by atoms with E-state index in [-0.39, 0.29) is 11.5 Å². The van der Waals surface area contributed by atoms with Crippen molar-refractivity contribution >= 4 is 0 Å². The van der Waals surface area contributed by atoms with Crippen molar-refractivity contribution in [3.05, 3.63) is 23.8 Å². The molecule has 0 spiro atoms. The first-order chi connectivity index (χ1) is 6.74. The van der Waals surface area contributed by atoms with E-state index in [1.54, 1.807) is 6.07 Å². The van der Waals surface area contributed by atoms with Crippen LogP contribution in [-0.4, -0.2) is 23.8 Å². The highest BCUT2D eigenvalue weighted by Crippen LogP contribution is 2.21. The van der Waals surface area contributed by atoms with Gasteiger partial charge in [0.25, 0.3) is 0 Å². The standard InChI is InChI=1S/C11H13NO2/c1-12-7-3-2-4-9-5-6-10(13)8-11(9)14/h5-6,8,12-14H,3,7H2,1H3. The summed E-state index contributed by atoms with van der Waals surface area (Å²) >= 11 is 0. The van der Waals surface area contributed by atoms with Crippen LogP contribution in [0.4, 0.5) is 0 Å². The Morgan fingerprint density at radius 3 is 2.79 bits per heavy atom. The molecule has 0 fully saturated rings. The Morgan fingerprint density at radius 1 is 1.36 bits per heavy atom. The van der Waals surface area contributed by atoms with Crippen molar-refractivity contribution in [1.82, 2.24) is 5.32 Å². The normalized spacial score (nSPS) is 9.21. The molecule has 1 aromatic rings. The number of phenols is 2. The Kier molecular flexibility index (Phi) is 3.84. The van der Waals surface area contributed by atoms with Gasteiger partial charge in [0.1, 0.15) is 11.5 Å². The van der Waals surface area contributed by atoms with E-state index in [1.807, 2.05) is 7.05 Å². The molecule has 0 aromatic heterocycles. The predicted molar refractivity (Wildman–Crippen MR) is 55.2 cm³/mol. The summed E-state index contributed by atoms with van der Waals surface area (Å²) in [5, 5.41) is 21.4. The second-order valence-corrected chi connectivity index (χ2v) is 2.86. The van der Waals surface area contributed by atoms with Crippen LogP contribution in [0, 0.1) is 11.8 Å². The third kappa shape index (κ3) is 3.00. The van der Waals surface area contributed by atoms with Crippen molar-refractivity contribution in [3.63, 3.8) is 0 Å². The van der Waals surface area contributed by atoms with Gasteiger partial charge in [-0.3, -0.25) is 0 Å². The van der Waals surface area contributed by atoms with E-state index in [9.17, 15) is 5.11 Å². The summed E-state index contributed by atoms with van der Waals surface area (Å²) in [6.07, 6.45) is 0.733. The third-order valence-electron chi connectivity index (χ3n) is 1.70. The van der Waals surface area contributed by atoms with Gasteiger partial charge >= 0.3 is 0 Å². The van der Waals surface area contributed by atoms with Crippen LogP contribution in [0.1, 0.15) is 12.0 Å². The lowest BCUT2D eigenvalue weighted by molar-refractivity contribution is 0.449. The van der Waals surface area contributed by atoms with Gasteiger partial charge in [0.2, 0.25) is 0 Å². The molecule has 0 unspecified atom stereocenters. The number of hydrogen-bond acceptors (Lipinski definition) is 3. The molecule has 0 aliphatic heterocycles. The van der Waals surface area contributed by atoms with Crippen molar-refractivity contribution in [1.29, 1.82) is 0 Å². The van der Waals surface area contributed by atoms with E-state index in [0.29, 0.717) is 5.56 Å². The predicted octanol–water partition coefficient (Wildman–Crippen LogP) is 1.06. The Hall–Kier alpha value is -1.66. The van der Waals surface area contributed by atoms with Crippen LogP contribution < -0.4 is 5.32 Å². The van der Waals surface area contributed by atoms with Crippen LogP contribution >= 0.6 is 0 Å². The minimum Gasteiger partial charge on any atom is -0.508 e. The lowest BCUT2D eigenvalue weighted by Gasteiger charge is -1.96. The van der Waals surface area contributed by atoms with E-state index in [1.165, 1.54) is 12.1 Å². The van der Waals surface area contributed by atoms with E-state index in [4.69, 9.17) is 5.11 Å². The van der Waals surface area contributed by atoms with E-state index in [2.05, 4.69) is 17.2 Å². The van der Waals surface area contributed by atoms with Gasteiger partial charge in [-0.25, -0.2) is 0 Å². The zero-order chi connectivity index (χ0) is 10.4. The number of rotatable bonds is 2. The molecular formula is C11H13NO2. The largest absolute Gasteiger partial charge is 0.508 e. The minimum absolute atomic E-state index is 0.0157. The number of nitrogens with one attached hydrogen (secondary N) is 1. The van der Waals surface area contributed by atoms with Crippen molar-refractivity contribution in [2.75, 3.05) is 13.6 Å².